The van der Waals surface area contributed by atoms with Crippen molar-refractivity contribution < 1.29 is 14.6 Å². The van der Waals surface area contributed by atoms with E-state index in [-0.39, 0.29) is 5.92 Å². The summed E-state index contributed by atoms with van der Waals surface area (Å²) < 4.78 is 5.40. The van der Waals surface area contributed by atoms with Crippen molar-refractivity contribution in [3.8, 4) is 0 Å². The van der Waals surface area contributed by atoms with Crippen LogP contribution >= 0.6 is 0 Å². The third-order valence-electron chi connectivity index (χ3n) is 4.99. The van der Waals surface area contributed by atoms with E-state index in [1.165, 1.54) is 0 Å². The lowest BCUT2D eigenvalue weighted by molar-refractivity contribution is -0.168. The predicted octanol–water partition coefficient (Wildman–Crippen LogP) is 2.23. The summed E-state index contributed by atoms with van der Waals surface area (Å²) in [6, 6.07) is 0. The lowest BCUT2D eigenvalue weighted by Gasteiger charge is -2.52. The summed E-state index contributed by atoms with van der Waals surface area (Å²) in [5.41, 5.74) is -0.671. The van der Waals surface area contributed by atoms with E-state index in [9.17, 15) is 9.90 Å². The molecule has 1 heterocycles. The van der Waals surface area contributed by atoms with Gasteiger partial charge in [0.15, 0.2) is 0 Å². The van der Waals surface area contributed by atoms with Crippen molar-refractivity contribution in [2.45, 2.75) is 45.6 Å². The molecular weight excluding hydrogens is 242 g/mol. The molecule has 0 aromatic carbocycles. The van der Waals surface area contributed by atoms with Gasteiger partial charge in [0.2, 0.25) is 0 Å². The minimum atomic E-state index is -0.671. The lowest BCUT2D eigenvalue weighted by atomic mass is 9.64. The number of morpholine rings is 1. The maximum Gasteiger partial charge on any atom is 0.324 e. The molecule has 2 fully saturated rings. The van der Waals surface area contributed by atoms with Crippen LogP contribution < -0.4 is 0 Å². The monoisotopic (exact) mass is 269 g/mol. The summed E-state index contributed by atoms with van der Waals surface area (Å²) in [4.78, 5) is 14.3. The van der Waals surface area contributed by atoms with E-state index in [0.717, 1.165) is 32.4 Å². The molecule has 0 spiro atoms. The minimum Gasteiger partial charge on any atom is -0.480 e. The number of aliphatic carboxylic acids is 1. The first-order chi connectivity index (χ1) is 8.98. The first-order valence-corrected chi connectivity index (χ1v) is 7.54. The van der Waals surface area contributed by atoms with E-state index >= 15 is 0 Å². The van der Waals surface area contributed by atoms with Gasteiger partial charge in [-0.2, -0.15) is 0 Å². The van der Waals surface area contributed by atoms with Crippen LogP contribution in [-0.2, 0) is 9.53 Å². The van der Waals surface area contributed by atoms with Gasteiger partial charge in [-0.25, -0.2) is 0 Å². The van der Waals surface area contributed by atoms with E-state index in [1.807, 2.05) is 0 Å². The largest absolute Gasteiger partial charge is 0.480 e. The van der Waals surface area contributed by atoms with Gasteiger partial charge in [-0.1, -0.05) is 27.2 Å². The molecule has 2 rings (SSSR count). The summed E-state index contributed by atoms with van der Waals surface area (Å²) in [5, 5.41) is 10.00. The smallest absolute Gasteiger partial charge is 0.324 e. The maximum absolute atomic E-state index is 12.2. The molecule has 1 N–H and O–H groups in total. The first kappa shape index (κ1) is 14.8. The van der Waals surface area contributed by atoms with Crippen molar-refractivity contribution in [3.63, 3.8) is 0 Å². The van der Waals surface area contributed by atoms with Gasteiger partial charge in [0.25, 0.3) is 0 Å². The number of hydrogen-bond acceptors (Lipinski definition) is 3. The number of carboxylic acids is 1. The van der Waals surface area contributed by atoms with Crippen LogP contribution in [0.3, 0.4) is 0 Å². The fraction of sp³-hybridized carbons (Fsp3) is 0.933. The summed E-state index contributed by atoms with van der Waals surface area (Å²) in [6.45, 7) is 9.35. The SMILES string of the molecule is CC1CCC(C(C)C)C(C(=O)O)(N2CCOCC2)C1. The highest BCUT2D eigenvalue weighted by Gasteiger charge is 2.54. The van der Waals surface area contributed by atoms with Crippen LogP contribution in [0, 0.1) is 17.8 Å². The second kappa shape index (κ2) is 5.80. The zero-order valence-electron chi connectivity index (χ0n) is 12.4. The van der Waals surface area contributed by atoms with Crippen LogP contribution in [0.1, 0.15) is 40.0 Å². The van der Waals surface area contributed by atoms with Gasteiger partial charge in [-0.15, -0.1) is 0 Å². The van der Waals surface area contributed by atoms with Crippen LogP contribution in [0.15, 0.2) is 0 Å². The molecule has 3 unspecified atom stereocenters. The predicted molar refractivity (Wildman–Crippen MR) is 74.1 cm³/mol. The fourth-order valence-electron chi connectivity index (χ4n) is 4.08. The molecule has 4 nitrogen and oxygen atoms in total. The van der Waals surface area contributed by atoms with Gasteiger partial charge in [0.05, 0.1) is 13.2 Å². The van der Waals surface area contributed by atoms with Crippen LogP contribution in [0.4, 0.5) is 0 Å². The van der Waals surface area contributed by atoms with Crippen molar-refractivity contribution in [1.29, 1.82) is 0 Å². The standard InChI is InChI=1S/C15H27NO3/c1-11(2)13-5-4-12(3)10-15(13,14(17)18)16-6-8-19-9-7-16/h11-13H,4-10H2,1-3H3,(H,17,18). The summed E-state index contributed by atoms with van der Waals surface area (Å²) in [6.07, 6.45) is 2.97. The number of nitrogens with zero attached hydrogens (tertiary/aromatic N) is 1. The van der Waals surface area contributed by atoms with Gasteiger partial charge in [-0.3, -0.25) is 9.69 Å². The van der Waals surface area contributed by atoms with Crippen molar-refractivity contribution in [2.24, 2.45) is 17.8 Å². The second-order valence-corrected chi connectivity index (χ2v) is 6.57. The molecule has 110 valence electrons. The number of hydrogen-bond donors (Lipinski definition) is 1. The summed E-state index contributed by atoms with van der Waals surface area (Å²) in [7, 11) is 0. The van der Waals surface area contributed by atoms with Crippen LogP contribution in [0.25, 0.3) is 0 Å². The van der Waals surface area contributed by atoms with Gasteiger partial charge in [0, 0.05) is 13.1 Å². The molecule has 4 heteroatoms. The first-order valence-electron chi connectivity index (χ1n) is 7.54. The molecule has 0 aromatic rings. The van der Waals surface area contributed by atoms with Crippen LogP contribution in [0.2, 0.25) is 0 Å². The van der Waals surface area contributed by atoms with Crippen LogP contribution in [0.5, 0.6) is 0 Å². The average Bonchev–Trinajstić information content (AvgIpc) is 2.38. The molecule has 0 amide bonds. The summed E-state index contributed by atoms with van der Waals surface area (Å²) >= 11 is 0. The Balaban J connectivity index is 2.34. The third kappa shape index (κ3) is 2.65. The molecule has 1 aliphatic carbocycles. The molecule has 2 aliphatic rings. The number of carboxylic acid groups (broad SMARTS) is 1. The van der Waals surface area contributed by atoms with E-state index < -0.39 is 11.5 Å². The molecule has 0 radical (unpaired) electrons. The fourth-order valence-corrected chi connectivity index (χ4v) is 4.08. The summed E-state index contributed by atoms with van der Waals surface area (Å²) in [5.74, 6) is 0.527. The van der Waals surface area contributed by atoms with E-state index in [1.54, 1.807) is 0 Å². The number of ether oxygens (including phenoxy) is 1. The zero-order chi connectivity index (χ0) is 14.0. The Labute approximate surface area is 116 Å². The molecular formula is C15H27NO3. The third-order valence-corrected chi connectivity index (χ3v) is 4.99. The van der Waals surface area contributed by atoms with Crippen molar-refractivity contribution in [2.75, 3.05) is 26.3 Å². The van der Waals surface area contributed by atoms with Crippen molar-refractivity contribution in [1.82, 2.24) is 4.90 Å². The Bertz CT molecular complexity index is 325. The highest BCUT2D eigenvalue weighted by molar-refractivity contribution is 5.79. The topological polar surface area (TPSA) is 49.8 Å². The number of rotatable bonds is 3. The van der Waals surface area contributed by atoms with E-state index in [4.69, 9.17) is 4.74 Å². The van der Waals surface area contributed by atoms with Crippen molar-refractivity contribution >= 4 is 5.97 Å². The quantitative estimate of drug-likeness (QED) is 0.853. The second-order valence-electron chi connectivity index (χ2n) is 6.57. The average molecular weight is 269 g/mol. The van der Waals surface area contributed by atoms with Gasteiger partial charge < -0.3 is 9.84 Å². The van der Waals surface area contributed by atoms with Crippen LogP contribution in [-0.4, -0.2) is 47.8 Å². The van der Waals surface area contributed by atoms with Gasteiger partial charge in [0.1, 0.15) is 5.54 Å². The molecule has 0 aromatic heterocycles. The highest BCUT2D eigenvalue weighted by atomic mass is 16.5. The highest BCUT2D eigenvalue weighted by Crippen LogP contribution is 2.45. The molecule has 3 atom stereocenters. The normalized spacial score (nSPS) is 37.5. The molecule has 0 bridgehead atoms. The Hall–Kier alpha value is -0.610. The number of carbonyl (C=O) groups is 1. The molecule has 1 saturated heterocycles. The van der Waals surface area contributed by atoms with Gasteiger partial charge >= 0.3 is 5.97 Å². The maximum atomic E-state index is 12.2. The van der Waals surface area contributed by atoms with Gasteiger partial charge in [-0.05, 0) is 30.6 Å². The molecule has 1 aliphatic heterocycles. The Morgan fingerprint density at radius 3 is 2.47 bits per heavy atom. The lowest BCUT2D eigenvalue weighted by Crippen LogP contribution is -2.65. The van der Waals surface area contributed by atoms with E-state index in [2.05, 4.69) is 25.7 Å². The van der Waals surface area contributed by atoms with E-state index in [0.29, 0.717) is 25.0 Å². The minimum absolute atomic E-state index is 0.249. The molecule has 1 saturated carbocycles. The van der Waals surface area contributed by atoms with Crippen molar-refractivity contribution in [3.05, 3.63) is 0 Å². The Morgan fingerprint density at radius 1 is 1.32 bits per heavy atom. The molecule has 19 heavy (non-hydrogen) atoms. The zero-order valence-corrected chi connectivity index (χ0v) is 12.4. The Morgan fingerprint density at radius 2 is 1.95 bits per heavy atom. The Kier molecular flexibility index (Phi) is 4.51.